The number of aryl methyl sites for hydroxylation is 1. The Morgan fingerprint density at radius 3 is 2.18 bits per heavy atom. The number of fused-ring (bicyclic) bond motifs is 1. The monoisotopic (exact) mass is 554 g/mol. The molecule has 0 aliphatic carbocycles. The summed E-state index contributed by atoms with van der Waals surface area (Å²) in [4.78, 5) is 26.5. The van der Waals surface area contributed by atoms with Gasteiger partial charge in [-0.1, -0.05) is 24.3 Å². The van der Waals surface area contributed by atoms with Gasteiger partial charge in [0.1, 0.15) is 11.4 Å². The van der Waals surface area contributed by atoms with Crippen LogP contribution in [0.2, 0.25) is 0 Å². The molecule has 0 saturated heterocycles. The lowest BCUT2D eigenvalue weighted by Crippen LogP contribution is -2.35. The minimum absolute atomic E-state index is 0.0219. The fraction of sp³-hybridized carbons (Fsp3) is 0.346. The maximum absolute atomic E-state index is 14.0. The predicted octanol–water partition coefficient (Wildman–Crippen LogP) is 5.61. The van der Waals surface area contributed by atoms with Crippen LogP contribution in [0.5, 0.6) is 0 Å². The van der Waals surface area contributed by atoms with Crippen molar-refractivity contribution in [3.05, 3.63) is 82.0 Å². The van der Waals surface area contributed by atoms with Crippen LogP contribution in [0.4, 0.5) is 32.2 Å². The van der Waals surface area contributed by atoms with E-state index in [1.54, 1.807) is 19.1 Å². The van der Waals surface area contributed by atoms with Crippen molar-refractivity contribution in [2.45, 2.75) is 44.8 Å². The number of ether oxygens (including phenoxy) is 1. The Kier molecular flexibility index (Phi) is 7.62. The van der Waals surface area contributed by atoms with Gasteiger partial charge < -0.3 is 15.0 Å². The Balaban J connectivity index is 1.64. The molecule has 1 aliphatic rings. The fourth-order valence-corrected chi connectivity index (χ4v) is 4.41. The van der Waals surface area contributed by atoms with Crippen molar-refractivity contribution in [1.29, 1.82) is 0 Å². The molecule has 0 spiro atoms. The highest BCUT2D eigenvalue weighted by molar-refractivity contribution is 6.01. The van der Waals surface area contributed by atoms with E-state index in [-0.39, 0.29) is 31.0 Å². The molecule has 4 rings (SSSR count). The molecule has 208 valence electrons. The minimum atomic E-state index is -4.93. The lowest BCUT2D eigenvalue weighted by atomic mass is 10.0. The van der Waals surface area contributed by atoms with E-state index in [1.807, 2.05) is 0 Å². The van der Waals surface area contributed by atoms with Crippen LogP contribution in [0.1, 0.15) is 62.5 Å². The molecule has 0 radical (unpaired) electrons. The number of rotatable bonds is 6. The zero-order valence-corrected chi connectivity index (χ0v) is 20.9. The number of benzene rings is 2. The van der Waals surface area contributed by atoms with E-state index in [2.05, 4.69) is 15.2 Å². The van der Waals surface area contributed by atoms with E-state index in [0.717, 1.165) is 16.8 Å². The number of methoxy groups -OCH3 is 1. The van der Waals surface area contributed by atoms with Gasteiger partial charge in [0.25, 0.3) is 5.91 Å². The third-order valence-electron chi connectivity index (χ3n) is 6.35. The number of hydrogen-bond acceptors (Lipinski definition) is 5. The van der Waals surface area contributed by atoms with Gasteiger partial charge in [0.05, 0.1) is 24.3 Å². The summed E-state index contributed by atoms with van der Waals surface area (Å²) < 4.78 is 86.5. The number of aromatic nitrogens is 2. The van der Waals surface area contributed by atoms with Gasteiger partial charge >= 0.3 is 18.3 Å². The largest absolute Gasteiger partial charge is 0.465 e. The smallest absolute Gasteiger partial charge is 0.436 e. The van der Waals surface area contributed by atoms with Crippen LogP contribution in [0, 0.1) is 0 Å². The first-order valence-corrected chi connectivity index (χ1v) is 11.9. The van der Waals surface area contributed by atoms with Crippen molar-refractivity contribution in [1.82, 2.24) is 15.1 Å². The maximum atomic E-state index is 14.0. The number of esters is 1. The molecule has 39 heavy (non-hydrogen) atoms. The van der Waals surface area contributed by atoms with Gasteiger partial charge in [-0.2, -0.15) is 31.4 Å². The highest BCUT2D eigenvalue weighted by atomic mass is 19.4. The van der Waals surface area contributed by atoms with E-state index in [9.17, 15) is 35.9 Å². The van der Waals surface area contributed by atoms with Crippen molar-refractivity contribution in [3.63, 3.8) is 0 Å². The SMILES string of the molecule is COC(=O)c1ccc(C(C)NC(=O)c2c(C(F)(F)F)nn3c2N(Cc2ccc(C(F)(F)F)cc2)CCC3)cc1. The van der Waals surface area contributed by atoms with Crippen LogP contribution in [0.3, 0.4) is 0 Å². The molecular formula is C26H24F6N4O3. The third-order valence-corrected chi connectivity index (χ3v) is 6.35. The van der Waals surface area contributed by atoms with Crippen LogP contribution < -0.4 is 10.2 Å². The van der Waals surface area contributed by atoms with Crippen LogP contribution >= 0.6 is 0 Å². The average molecular weight is 554 g/mol. The number of nitrogens with zero attached hydrogens (tertiary/aromatic N) is 3. The first-order chi connectivity index (χ1) is 18.3. The Morgan fingerprint density at radius 2 is 1.62 bits per heavy atom. The fourth-order valence-electron chi connectivity index (χ4n) is 4.41. The summed E-state index contributed by atoms with van der Waals surface area (Å²) >= 11 is 0. The molecule has 1 amide bonds. The summed E-state index contributed by atoms with van der Waals surface area (Å²) in [5.74, 6) is -1.63. The van der Waals surface area contributed by atoms with Gasteiger partial charge in [0.15, 0.2) is 5.69 Å². The molecule has 1 N–H and O–H groups in total. The number of alkyl halides is 6. The van der Waals surface area contributed by atoms with Crippen LogP contribution in [0.25, 0.3) is 0 Å². The molecule has 13 heteroatoms. The molecule has 1 unspecified atom stereocenters. The summed E-state index contributed by atoms with van der Waals surface area (Å²) in [6, 6.07) is 9.62. The van der Waals surface area contributed by atoms with Gasteiger partial charge in [-0.25, -0.2) is 9.48 Å². The Morgan fingerprint density at radius 1 is 0.974 bits per heavy atom. The van der Waals surface area contributed by atoms with Crippen molar-refractivity contribution >= 4 is 17.7 Å². The van der Waals surface area contributed by atoms with Crippen LogP contribution in [0.15, 0.2) is 48.5 Å². The predicted molar refractivity (Wildman–Crippen MR) is 128 cm³/mol. The van der Waals surface area contributed by atoms with Gasteiger partial charge in [0, 0.05) is 19.6 Å². The Bertz CT molecular complexity index is 1350. The normalized spacial score (nSPS) is 14.5. The van der Waals surface area contributed by atoms with E-state index in [1.165, 1.54) is 36.3 Å². The van der Waals surface area contributed by atoms with E-state index in [0.29, 0.717) is 17.5 Å². The topological polar surface area (TPSA) is 76.5 Å². The van der Waals surface area contributed by atoms with Crippen LogP contribution in [-0.2, 0) is 30.2 Å². The summed E-state index contributed by atoms with van der Waals surface area (Å²) in [7, 11) is 1.23. The molecule has 3 aromatic rings. The van der Waals surface area contributed by atoms with Crippen LogP contribution in [-0.4, -0.2) is 35.3 Å². The number of amides is 1. The van der Waals surface area contributed by atoms with Crippen molar-refractivity contribution in [2.75, 3.05) is 18.6 Å². The van der Waals surface area contributed by atoms with Gasteiger partial charge in [-0.15, -0.1) is 0 Å². The summed E-state index contributed by atoms with van der Waals surface area (Å²) in [5.41, 5.74) is -1.62. The number of carbonyl (C=O) groups is 2. The van der Waals surface area contributed by atoms with Crippen molar-refractivity contribution in [3.8, 4) is 0 Å². The number of hydrogen-bond donors (Lipinski definition) is 1. The second kappa shape index (κ2) is 10.6. The van der Waals surface area contributed by atoms with E-state index < -0.39 is 47.1 Å². The molecule has 0 fully saturated rings. The molecule has 1 aliphatic heterocycles. The number of carbonyl (C=O) groups excluding carboxylic acids is 2. The molecule has 1 aromatic heterocycles. The third kappa shape index (κ3) is 6.02. The Labute approximate surface area is 219 Å². The van der Waals surface area contributed by atoms with E-state index >= 15 is 0 Å². The van der Waals surface area contributed by atoms with Crippen molar-refractivity contribution in [2.24, 2.45) is 0 Å². The van der Waals surface area contributed by atoms with Gasteiger partial charge in [0.2, 0.25) is 0 Å². The number of anilines is 1. The lowest BCUT2D eigenvalue weighted by Gasteiger charge is -2.30. The molecule has 2 heterocycles. The van der Waals surface area contributed by atoms with E-state index in [4.69, 9.17) is 0 Å². The highest BCUT2D eigenvalue weighted by Gasteiger charge is 2.43. The summed E-state index contributed by atoms with van der Waals surface area (Å²) in [5, 5.41) is 6.26. The molecule has 7 nitrogen and oxygen atoms in total. The molecule has 0 saturated carbocycles. The zero-order chi connectivity index (χ0) is 28.5. The molecule has 2 aromatic carbocycles. The second-order valence-corrected chi connectivity index (χ2v) is 9.05. The zero-order valence-electron chi connectivity index (χ0n) is 20.9. The van der Waals surface area contributed by atoms with Crippen molar-refractivity contribution < 1.29 is 40.7 Å². The number of nitrogens with one attached hydrogen (secondary N) is 1. The lowest BCUT2D eigenvalue weighted by molar-refractivity contribution is -0.142. The summed E-state index contributed by atoms with van der Waals surface area (Å²) in [6.07, 6.45) is -9.02. The first kappa shape index (κ1) is 28.0. The average Bonchev–Trinajstić information content (AvgIpc) is 3.30. The maximum Gasteiger partial charge on any atom is 0.436 e. The second-order valence-electron chi connectivity index (χ2n) is 9.05. The molecular weight excluding hydrogens is 530 g/mol. The number of halogens is 6. The van der Waals surface area contributed by atoms with Gasteiger partial charge in [-0.3, -0.25) is 4.79 Å². The highest BCUT2D eigenvalue weighted by Crippen LogP contribution is 2.38. The summed E-state index contributed by atoms with van der Waals surface area (Å²) in [6.45, 7) is 1.97. The quantitative estimate of drug-likeness (QED) is 0.317. The Hall–Kier alpha value is -4.03. The minimum Gasteiger partial charge on any atom is -0.465 e. The standard InChI is InChI=1S/C26H24F6N4O3/c1-15(17-6-8-18(9-7-17)24(38)39-2)33-22(37)20-21(26(30,31)32)34-36-13-3-12-35(23(20)36)14-16-4-10-19(11-5-16)25(27,28)29/h4-11,15H,3,12-14H2,1-2H3,(H,33,37). The molecule has 1 atom stereocenters. The molecule has 0 bridgehead atoms. The van der Waals surface area contributed by atoms with Gasteiger partial charge in [-0.05, 0) is 48.7 Å². The first-order valence-electron chi connectivity index (χ1n) is 11.9.